The number of nitrogens with one attached hydrogen (secondary N) is 1. The van der Waals surface area contributed by atoms with Gasteiger partial charge in [-0.2, -0.15) is 9.97 Å². The van der Waals surface area contributed by atoms with Crippen LogP contribution < -0.4 is 10.6 Å². The van der Waals surface area contributed by atoms with Crippen LogP contribution in [0.4, 0.5) is 11.8 Å². The van der Waals surface area contributed by atoms with Gasteiger partial charge in [0.2, 0.25) is 5.95 Å². The van der Waals surface area contributed by atoms with Gasteiger partial charge in [-0.3, -0.25) is 0 Å². The standard InChI is InChI=1S/C12H18N6O/c1-18(6-8-4-2-3-5-19-8)11-9-10(15-7-14-9)16-12(13)17-11/h7-8H,2-6H2,1H3,(H3,13,14,15,16,17). The molecule has 0 aromatic carbocycles. The molecule has 0 saturated carbocycles. The van der Waals surface area contributed by atoms with Crippen molar-refractivity contribution < 1.29 is 4.74 Å². The van der Waals surface area contributed by atoms with E-state index in [1.54, 1.807) is 6.33 Å². The van der Waals surface area contributed by atoms with E-state index in [9.17, 15) is 0 Å². The van der Waals surface area contributed by atoms with Crippen LogP contribution >= 0.6 is 0 Å². The smallest absolute Gasteiger partial charge is 0.224 e. The van der Waals surface area contributed by atoms with Gasteiger partial charge in [0.1, 0.15) is 5.52 Å². The highest BCUT2D eigenvalue weighted by Crippen LogP contribution is 2.22. The molecule has 1 unspecified atom stereocenters. The minimum Gasteiger partial charge on any atom is -0.376 e. The fourth-order valence-electron chi connectivity index (χ4n) is 2.45. The van der Waals surface area contributed by atoms with Gasteiger partial charge in [-0.05, 0) is 19.3 Å². The predicted octanol–water partition coefficient (Wildman–Crippen LogP) is 0.940. The second-order valence-electron chi connectivity index (χ2n) is 4.88. The van der Waals surface area contributed by atoms with Crippen LogP contribution in [0, 0.1) is 0 Å². The fourth-order valence-corrected chi connectivity index (χ4v) is 2.45. The van der Waals surface area contributed by atoms with Gasteiger partial charge in [0, 0.05) is 20.2 Å². The molecular weight excluding hydrogens is 244 g/mol. The van der Waals surface area contributed by atoms with E-state index in [0.717, 1.165) is 37.3 Å². The summed E-state index contributed by atoms with van der Waals surface area (Å²) in [5.41, 5.74) is 7.13. The fraction of sp³-hybridized carbons (Fsp3) is 0.583. The molecule has 19 heavy (non-hydrogen) atoms. The summed E-state index contributed by atoms with van der Waals surface area (Å²) in [6.07, 6.45) is 5.34. The zero-order chi connectivity index (χ0) is 13.2. The lowest BCUT2D eigenvalue weighted by Gasteiger charge is -2.28. The molecule has 0 radical (unpaired) electrons. The van der Waals surface area contributed by atoms with Gasteiger partial charge < -0.3 is 20.4 Å². The first-order valence-corrected chi connectivity index (χ1v) is 6.53. The lowest BCUT2D eigenvalue weighted by atomic mass is 10.1. The van der Waals surface area contributed by atoms with Crippen molar-refractivity contribution >= 4 is 22.9 Å². The second kappa shape index (κ2) is 5.00. The number of ether oxygens (including phenoxy) is 1. The van der Waals surface area contributed by atoms with Gasteiger partial charge in [-0.15, -0.1) is 0 Å². The van der Waals surface area contributed by atoms with Crippen LogP contribution in [0.3, 0.4) is 0 Å². The normalized spacial score (nSPS) is 19.7. The number of likely N-dealkylation sites (N-methyl/N-ethyl adjacent to an activating group) is 1. The number of imidazole rings is 1. The molecule has 7 nitrogen and oxygen atoms in total. The maximum atomic E-state index is 5.75. The Bertz CT molecular complexity index is 562. The molecule has 1 saturated heterocycles. The van der Waals surface area contributed by atoms with Crippen molar-refractivity contribution in [1.29, 1.82) is 0 Å². The van der Waals surface area contributed by atoms with E-state index in [4.69, 9.17) is 10.5 Å². The van der Waals surface area contributed by atoms with Gasteiger partial charge >= 0.3 is 0 Å². The van der Waals surface area contributed by atoms with Crippen molar-refractivity contribution in [3.05, 3.63) is 6.33 Å². The molecule has 0 amide bonds. The molecule has 0 bridgehead atoms. The minimum atomic E-state index is 0.242. The number of nitrogens with zero attached hydrogens (tertiary/aromatic N) is 4. The SMILES string of the molecule is CN(CC1CCCCO1)c1nc(N)nc2nc[nH]c12. The van der Waals surface area contributed by atoms with Gasteiger partial charge in [-0.25, -0.2) is 4.98 Å². The lowest BCUT2D eigenvalue weighted by molar-refractivity contribution is 0.0215. The van der Waals surface area contributed by atoms with E-state index >= 15 is 0 Å². The Balaban J connectivity index is 1.83. The summed E-state index contributed by atoms with van der Waals surface area (Å²) in [7, 11) is 1.99. The van der Waals surface area contributed by atoms with Crippen molar-refractivity contribution in [2.24, 2.45) is 0 Å². The Morgan fingerprint density at radius 1 is 1.47 bits per heavy atom. The van der Waals surface area contributed by atoms with E-state index < -0.39 is 0 Å². The summed E-state index contributed by atoms with van der Waals surface area (Å²) in [5, 5.41) is 0. The minimum absolute atomic E-state index is 0.242. The first kappa shape index (κ1) is 12.2. The second-order valence-corrected chi connectivity index (χ2v) is 4.88. The van der Waals surface area contributed by atoms with Gasteiger partial charge in [0.25, 0.3) is 0 Å². The van der Waals surface area contributed by atoms with Crippen LogP contribution in [0.5, 0.6) is 0 Å². The number of fused-ring (bicyclic) bond motifs is 1. The van der Waals surface area contributed by atoms with E-state index in [1.807, 2.05) is 7.05 Å². The molecule has 1 aliphatic heterocycles. The molecule has 3 heterocycles. The lowest BCUT2D eigenvalue weighted by Crippen LogP contribution is -2.34. The van der Waals surface area contributed by atoms with E-state index in [2.05, 4.69) is 24.8 Å². The van der Waals surface area contributed by atoms with Crippen molar-refractivity contribution in [3.63, 3.8) is 0 Å². The largest absolute Gasteiger partial charge is 0.376 e. The van der Waals surface area contributed by atoms with E-state index in [-0.39, 0.29) is 12.1 Å². The number of H-pyrrole nitrogens is 1. The summed E-state index contributed by atoms with van der Waals surface area (Å²) in [4.78, 5) is 17.6. The number of nitrogen functional groups attached to an aromatic ring is 1. The van der Waals surface area contributed by atoms with E-state index in [1.165, 1.54) is 6.42 Å². The molecule has 0 spiro atoms. The quantitative estimate of drug-likeness (QED) is 0.855. The van der Waals surface area contributed by atoms with Crippen LogP contribution in [-0.2, 0) is 4.74 Å². The summed E-state index contributed by atoms with van der Waals surface area (Å²) in [6, 6.07) is 0. The van der Waals surface area contributed by atoms with Gasteiger partial charge in [0.15, 0.2) is 11.5 Å². The maximum absolute atomic E-state index is 5.75. The first-order chi connectivity index (χ1) is 9.24. The number of aromatic nitrogens is 4. The van der Waals surface area contributed by atoms with Crippen molar-refractivity contribution in [2.45, 2.75) is 25.4 Å². The van der Waals surface area contributed by atoms with E-state index in [0.29, 0.717) is 5.65 Å². The third-order valence-corrected chi connectivity index (χ3v) is 3.40. The number of rotatable bonds is 3. The number of anilines is 2. The third-order valence-electron chi connectivity index (χ3n) is 3.40. The highest BCUT2D eigenvalue weighted by atomic mass is 16.5. The zero-order valence-corrected chi connectivity index (χ0v) is 11.0. The molecule has 2 aromatic rings. The predicted molar refractivity (Wildman–Crippen MR) is 73.0 cm³/mol. The average molecular weight is 262 g/mol. The van der Waals surface area contributed by atoms with Crippen molar-refractivity contribution in [1.82, 2.24) is 19.9 Å². The molecule has 2 aromatic heterocycles. The maximum Gasteiger partial charge on any atom is 0.224 e. The molecule has 0 aliphatic carbocycles. The Morgan fingerprint density at radius 2 is 2.37 bits per heavy atom. The number of hydrogen-bond donors (Lipinski definition) is 2. The molecule has 1 aliphatic rings. The van der Waals surface area contributed by atoms with Crippen molar-refractivity contribution in [2.75, 3.05) is 30.8 Å². The number of hydrogen-bond acceptors (Lipinski definition) is 6. The third kappa shape index (κ3) is 2.46. The highest BCUT2D eigenvalue weighted by Gasteiger charge is 2.19. The highest BCUT2D eigenvalue weighted by molar-refractivity contribution is 5.83. The van der Waals surface area contributed by atoms with Crippen LogP contribution in [-0.4, -0.2) is 46.2 Å². The Labute approximate surface area is 111 Å². The average Bonchev–Trinajstić information content (AvgIpc) is 2.86. The molecule has 3 N–H and O–H groups in total. The summed E-state index contributed by atoms with van der Waals surface area (Å²) < 4.78 is 5.75. The number of nitrogens with two attached hydrogens (primary N) is 1. The molecule has 3 rings (SSSR count). The first-order valence-electron chi connectivity index (χ1n) is 6.53. The molecule has 1 atom stereocenters. The molecule has 102 valence electrons. The van der Waals surface area contributed by atoms with Gasteiger partial charge in [0.05, 0.1) is 12.4 Å². The summed E-state index contributed by atoms with van der Waals surface area (Å²) in [6.45, 7) is 1.65. The number of aromatic amines is 1. The molecular formula is C12H18N6O. The van der Waals surface area contributed by atoms with Crippen LogP contribution in [0.1, 0.15) is 19.3 Å². The topological polar surface area (TPSA) is 92.9 Å². The summed E-state index contributed by atoms with van der Waals surface area (Å²) in [5.74, 6) is 1.01. The Kier molecular flexibility index (Phi) is 3.20. The summed E-state index contributed by atoms with van der Waals surface area (Å²) >= 11 is 0. The molecule has 1 fully saturated rings. The van der Waals surface area contributed by atoms with Crippen LogP contribution in [0.25, 0.3) is 11.2 Å². The Hall–Kier alpha value is -1.89. The van der Waals surface area contributed by atoms with Gasteiger partial charge in [-0.1, -0.05) is 0 Å². The van der Waals surface area contributed by atoms with Crippen LogP contribution in [0.15, 0.2) is 6.33 Å². The van der Waals surface area contributed by atoms with Crippen LogP contribution in [0.2, 0.25) is 0 Å². The Morgan fingerprint density at radius 3 is 3.16 bits per heavy atom. The zero-order valence-electron chi connectivity index (χ0n) is 11.0. The molecule has 7 heteroatoms. The monoisotopic (exact) mass is 262 g/mol. The van der Waals surface area contributed by atoms with Crippen molar-refractivity contribution in [3.8, 4) is 0 Å².